The van der Waals surface area contributed by atoms with E-state index in [1.165, 1.54) is 4.57 Å². The quantitative estimate of drug-likeness (QED) is 0.580. The first kappa shape index (κ1) is 8.77. The molecule has 1 aromatic heterocycles. The SMILES string of the molecule is CC(C)OC(=O)n1cc[n+](C)c1. The number of aryl methyl sites for hydroxylation is 1. The molecule has 66 valence electrons. The van der Waals surface area contributed by atoms with Gasteiger partial charge in [-0.05, 0) is 13.8 Å². The van der Waals surface area contributed by atoms with Gasteiger partial charge in [-0.1, -0.05) is 0 Å². The lowest BCUT2D eigenvalue weighted by molar-refractivity contribution is -0.670. The minimum Gasteiger partial charge on any atom is -0.428 e. The minimum atomic E-state index is -0.342. The Balaban J connectivity index is 2.65. The van der Waals surface area contributed by atoms with E-state index in [2.05, 4.69) is 0 Å². The van der Waals surface area contributed by atoms with Crippen LogP contribution in [0, 0.1) is 0 Å². The highest BCUT2D eigenvalue weighted by molar-refractivity contribution is 5.69. The molecule has 0 spiro atoms. The van der Waals surface area contributed by atoms with Crippen LogP contribution in [0.15, 0.2) is 18.7 Å². The fourth-order valence-corrected chi connectivity index (χ4v) is 0.821. The van der Waals surface area contributed by atoms with Crippen molar-refractivity contribution >= 4 is 6.09 Å². The lowest BCUT2D eigenvalue weighted by Gasteiger charge is -2.02. The van der Waals surface area contributed by atoms with Crippen LogP contribution in [0.1, 0.15) is 13.8 Å². The van der Waals surface area contributed by atoms with Gasteiger partial charge in [0, 0.05) is 0 Å². The van der Waals surface area contributed by atoms with E-state index in [1.54, 1.807) is 23.3 Å². The molecule has 1 aromatic rings. The van der Waals surface area contributed by atoms with Crippen molar-refractivity contribution in [2.45, 2.75) is 20.0 Å². The van der Waals surface area contributed by atoms with Crippen molar-refractivity contribution in [1.82, 2.24) is 4.57 Å². The van der Waals surface area contributed by atoms with Crippen LogP contribution in [0.25, 0.3) is 0 Å². The van der Waals surface area contributed by atoms with Gasteiger partial charge in [0.15, 0.2) is 0 Å². The summed E-state index contributed by atoms with van der Waals surface area (Å²) in [5.74, 6) is 0. The maximum atomic E-state index is 11.2. The molecule has 4 nitrogen and oxygen atoms in total. The average Bonchev–Trinajstić information content (AvgIpc) is 2.34. The Kier molecular flexibility index (Phi) is 2.47. The van der Waals surface area contributed by atoms with Crippen LogP contribution in [0.2, 0.25) is 0 Å². The summed E-state index contributed by atoms with van der Waals surface area (Å²) < 4.78 is 8.14. The van der Waals surface area contributed by atoms with Gasteiger partial charge in [-0.3, -0.25) is 0 Å². The van der Waals surface area contributed by atoms with E-state index in [0.717, 1.165) is 0 Å². The molecule has 0 aliphatic rings. The fourth-order valence-electron chi connectivity index (χ4n) is 0.821. The highest BCUT2D eigenvalue weighted by atomic mass is 16.6. The van der Waals surface area contributed by atoms with Gasteiger partial charge in [-0.2, -0.15) is 4.79 Å². The Morgan fingerprint density at radius 2 is 2.25 bits per heavy atom. The van der Waals surface area contributed by atoms with Crippen LogP contribution in [0.5, 0.6) is 0 Å². The Labute approximate surface area is 71.4 Å². The molecule has 0 N–H and O–H groups in total. The van der Waals surface area contributed by atoms with Gasteiger partial charge in [0.1, 0.15) is 18.5 Å². The van der Waals surface area contributed by atoms with Gasteiger partial charge in [0.2, 0.25) is 0 Å². The molecule has 0 saturated heterocycles. The second-order valence-corrected chi connectivity index (χ2v) is 2.92. The summed E-state index contributed by atoms with van der Waals surface area (Å²) in [6.07, 6.45) is 4.67. The van der Waals surface area contributed by atoms with Gasteiger partial charge in [0.05, 0.1) is 7.05 Å². The number of aromatic nitrogens is 2. The lowest BCUT2D eigenvalue weighted by atomic mass is 10.5. The molecule has 4 heteroatoms. The number of imidazole rings is 1. The molecule has 0 aromatic carbocycles. The molecular weight excluding hydrogens is 156 g/mol. The summed E-state index contributed by atoms with van der Waals surface area (Å²) in [5.41, 5.74) is 0. The van der Waals surface area contributed by atoms with E-state index in [0.29, 0.717) is 0 Å². The van der Waals surface area contributed by atoms with Crippen LogP contribution in [0.3, 0.4) is 0 Å². The Bertz CT molecular complexity index is 278. The van der Waals surface area contributed by atoms with Gasteiger partial charge in [0.25, 0.3) is 6.33 Å². The number of hydrogen-bond acceptors (Lipinski definition) is 2. The average molecular weight is 169 g/mol. The van der Waals surface area contributed by atoms with E-state index in [4.69, 9.17) is 4.74 Å². The molecule has 12 heavy (non-hydrogen) atoms. The largest absolute Gasteiger partial charge is 0.511 e. The molecule has 0 aliphatic carbocycles. The first-order valence-electron chi connectivity index (χ1n) is 3.84. The molecule has 0 aliphatic heterocycles. The summed E-state index contributed by atoms with van der Waals surface area (Å²) in [5, 5.41) is 0. The Morgan fingerprint density at radius 1 is 1.58 bits per heavy atom. The number of carbonyl (C=O) groups is 1. The van der Waals surface area contributed by atoms with Crippen molar-refractivity contribution in [2.75, 3.05) is 0 Å². The maximum absolute atomic E-state index is 11.2. The van der Waals surface area contributed by atoms with Crippen molar-refractivity contribution in [3.05, 3.63) is 18.7 Å². The van der Waals surface area contributed by atoms with E-state index in [-0.39, 0.29) is 12.2 Å². The summed E-state index contributed by atoms with van der Waals surface area (Å²) in [6, 6.07) is 0. The molecule has 1 rings (SSSR count). The molecule has 0 bridgehead atoms. The zero-order valence-corrected chi connectivity index (χ0v) is 7.52. The Hall–Kier alpha value is -1.32. The van der Waals surface area contributed by atoms with Gasteiger partial charge >= 0.3 is 6.09 Å². The van der Waals surface area contributed by atoms with Crippen LogP contribution in [-0.4, -0.2) is 16.8 Å². The molecule has 0 atom stereocenters. The predicted molar refractivity (Wildman–Crippen MR) is 42.6 cm³/mol. The molecule has 0 amide bonds. The monoisotopic (exact) mass is 169 g/mol. The summed E-state index contributed by atoms with van der Waals surface area (Å²) in [7, 11) is 1.85. The van der Waals surface area contributed by atoms with Crippen molar-refractivity contribution in [3.63, 3.8) is 0 Å². The molecule has 1 heterocycles. The number of carbonyl (C=O) groups excluding carboxylic acids is 1. The third-order valence-corrected chi connectivity index (χ3v) is 1.32. The number of nitrogens with zero attached hydrogens (tertiary/aromatic N) is 2. The van der Waals surface area contributed by atoms with Crippen molar-refractivity contribution < 1.29 is 14.1 Å². The first-order valence-corrected chi connectivity index (χ1v) is 3.84. The van der Waals surface area contributed by atoms with Gasteiger partial charge in [-0.15, -0.1) is 4.57 Å². The van der Waals surface area contributed by atoms with Crippen LogP contribution >= 0.6 is 0 Å². The number of rotatable bonds is 1. The summed E-state index contributed by atoms with van der Waals surface area (Å²) in [4.78, 5) is 11.2. The fraction of sp³-hybridized carbons (Fsp3) is 0.500. The molecule has 0 radical (unpaired) electrons. The normalized spacial score (nSPS) is 10.3. The second-order valence-electron chi connectivity index (χ2n) is 2.92. The van der Waals surface area contributed by atoms with Crippen LogP contribution in [-0.2, 0) is 11.8 Å². The second kappa shape index (κ2) is 3.38. The molecule has 0 saturated carbocycles. The van der Waals surface area contributed by atoms with E-state index in [1.807, 2.05) is 20.9 Å². The lowest BCUT2D eigenvalue weighted by Crippen LogP contribution is -2.25. The molecule has 0 fully saturated rings. The zero-order valence-electron chi connectivity index (χ0n) is 7.52. The number of hydrogen-bond donors (Lipinski definition) is 0. The van der Waals surface area contributed by atoms with Crippen molar-refractivity contribution in [3.8, 4) is 0 Å². The third-order valence-electron chi connectivity index (χ3n) is 1.32. The van der Waals surface area contributed by atoms with Crippen molar-refractivity contribution in [2.24, 2.45) is 7.05 Å². The van der Waals surface area contributed by atoms with Crippen LogP contribution in [0.4, 0.5) is 4.79 Å². The first-order chi connectivity index (χ1) is 5.59. The van der Waals surface area contributed by atoms with E-state index in [9.17, 15) is 4.79 Å². The van der Waals surface area contributed by atoms with Gasteiger partial charge in [-0.25, -0.2) is 4.57 Å². The molecule has 0 unspecified atom stereocenters. The van der Waals surface area contributed by atoms with E-state index < -0.39 is 0 Å². The summed E-state index contributed by atoms with van der Waals surface area (Å²) >= 11 is 0. The topological polar surface area (TPSA) is 35.1 Å². The van der Waals surface area contributed by atoms with Crippen LogP contribution < -0.4 is 4.57 Å². The highest BCUT2D eigenvalue weighted by Crippen LogP contribution is 1.93. The Morgan fingerprint density at radius 3 is 2.67 bits per heavy atom. The third kappa shape index (κ3) is 2.08. The van der Waals surface area contributed by atoms with E-state index >= 15 is 0 Å². The molecular formula is C8H13N2O2+. The predicted octanol–water partition coefficient (Wildman–Crippen LogP) is 0.706. The minimum absolute atomic E-state index is 0.0785. The maximum Gasteiger partial charge on any atom is 0.511 e. The standard InChI is InChI=1S/C8H13N2O2/c1-7(2)12-8(11)10-5-4-9(3)6-10/h4-7H,1-3H3/q+1. The highest BCUT2D eigenvalue weighted by Gasteiger charge is 2.13. The van der Waals surface area contributed by atoms with Crippen molar-refractivity contribution in [1.29, 1.82) is 0 Å². The number of ether oxygens (including phenoxy) is 1. The smallest absolute Gasteiger partial charge is 0.428 e. The zero-order chi connectivity index (χ0) is 9.14. The summed E-state index contributed by atoms with van der Waals surface area (Å²) in [6.45, 7) is 3.64. The van der Waals surface area contributed by atoms with Gasteiger partial charge < -0.3 is 4.74 Å².